The molecule has 2 rings (SSSR count). The second-order valence-electron chi connectivity index (χ2n) is 4.74. The number of nitrogens with zero attached hydrogens (tertiary/aromatic N) is 3. The van der Waals surface area contributed by atoms with Gasteiger partial charge in [0.05, 0.1) is 12.5 Å². The van der Waals surface area contributed by atoms with E-state index in [1.165, 1.54) is 6.20 Å². The van der Waals surface area contributed by atoms with Gasteiger partial charge in [-0.05, 0) is 19.8 Å². The van der Waals surface area contributed by atoms with Crippen molar-refractivity contribution in [3.05, 3.63) is 17.5 Å². The molecule has 1 aromatic rings. The molecule has 0 atom stereocenters. The number of hydrogen-bond donors (Lipinski definition) is 1. The van der Waals surface area contributed by atoms with Crippen LogP contribution in [0.3, 0.4) is 0 Å². The third-order valence-electron chi connectivity index (χ3n) is 3.48. The second kappa shape index (κ2) is 5.32. The molecule has 1 aliphatic heterocycles. The molecule has 2 heterocycles. The maximum Gasteiger partial charge on any atom is 0.391 e. The Morgan fingerprint density at radius 3 is 2.47 bits per heavy atom. The summed E-state index contributed by atoms with van der Waals surface area (Å²) < 4.78 is 37.7. The molecule has 0 aliphatic carbocycles. The van der Waals surface area contributed by atoms with E-state index in [9.17, 15) is 13.2 Å². The Bertz CT molecular complexity index is 442. The van der Waals surface area contributed by atoms with Crippen LogP contribution in [0.5, 0.6) is 0 Å². The molecular formula is C12H16F3N3O. The molecule has 0 spiro atoms. The highest BCUT2D eigenvalue weighted by atomic mass is 19.4. The van der Waals surface area contributed by atoms with Crippen molar-refractivity contribution in [1.29, 1.82) is 0 Å². The number of alkyl halides is 3. The number of piperidine rings is 1. The normalized spacial score (nSPS) is 17.8. The highest BCUT2D eigenvalue weighted by Gasteiger charge is 2.41. The Hall–Kier alpha value is -1.37. The molecule has 0 radical (unpaired) electrons. The van der Waals surface area contributed by atoms with Crippen molar-refractivity contribution >= 4 is 5.95 Å². The van der Waals surface area contributed by atoms with Crippen LogP contribution in [0.4, 0.5) is 19.1 Å². The number of aliphatic hydroxyl groups is 1. The maximum atomic E-state index is 12.6. The zero-order valence-corrected chi connectivity index (χ0v) is 10.6. The van der Waals surface area contributed by atoms with Crippen LogP contribution in [0, 0.1) is 12.8 Å². The maximum absolute atomic E-state index is 12.6. The predicted molar refractivity (Wildman–Crippen MR) is 63.7 cm³/mol. The van der Waals surface area contributed by atoms with Crippen LogP contribution >= 0.6 is 0 Å². The molecule has 7 heteroatoms. The second-order valence-corrected chi connectivity index (χ2v) is 4.74. The Labute approximate surface area is 109 Å². The fourth-order valence-electron chi connectivity index (χ4n) is 2.19. The van der Waals surface area contributed by atoms with Gasteiger partial charge in [-0.25, -0.2) is 9.97 Å². The number of rotatable bonds is 2. The summed E-state index contributed by atoms with van der Waals surface area (Å²) in [5.74, 6) is -0.781. The zero-order chi connectivity index (χ0) is 14.0. The minimum Gasteiger partial charge on any atom is -0.392 e. The average Bonchev–Trinajstić information content (AvgIpc) is 2.38. The number of aliphatic hydroxyl groups excluding tert-OH is 1. The molecule has 1 saturated heterocycles. The molecule has 0 unspecified atom stereocenters. The van der Waals surface area contributed by atoms with Crippen molar-refractivity contribution in [2.75, 3.05) is 18.0 Å². The summed E-state index contributed by atoms with van der Waals surface area (Å²) in [6.07, 6.45) is -2.43. The van der Waals surface area contributed by atoms with Crippen LogP contribution in [0.2, 0.25) is 0 Å². The molecular weight excluding hydrogens is 259 g/mol. The topological polar surface area (TPSA) is 49.2 Å². The molecule has 106 valence electrons. The van der Waals surface area contributed by atoms with Crippen LogP contribution in [0.15, 0.2) is 6.20 Å². The highest BCUT2D eigenvalue weighted by Crippen LogP contribution is 2.34. The Morgan fingerprint density at radius 1 is 1.37 bits per heavy atom. The Morgan fingerprint density at radius 2 is 2.00 bits per heavy atom. The van der Waals surface area contributed by atoms with Gasteiger partial charge < -0.3 is 10.0 Å². The molecule has 19 heavy (non-hydrogen) atoms. The van der Waals surface area contributed by atoms with Gasteiger partial charge in [-0.2, -0.15) is 13.2 Å². The van der Waals surface area contributed by atoms with Crippen LogP contribution in [0.25, 0.3) is 0 Å². The third-order valence-corrected chi connectivity index (χ3v) is 3.48. The lowest BCUT2D eigenvalue weighted by Crippen LogP contribution is -2.39. The van der Waals surface area contributed by atoms with Gasteiger partial charge in [-0.1, -0.05) is 0 Å². The van der Waals surface area contributed by atoms with Crippen molar-refractivity contribution in [3.8, 4) is 0 Å². The van der Waals surface area contributed by atoms with Crippen molar-refractivity contribution in [3.63, 3.8) is 0 Å². The zero-order valence-electron chi connectivity index (χ0n) is 10.6. The van der Waals surface area contributed by atoms with E-state index in [0.717, 1.165) is 0 Å². The summed E-state index contributed by atoms with van der Waals surface area (Å²) in [7, 11) is 0. The molecule has 1 aliphatic rings. The highest BCUT2D eigenvalue weighted by molar-refractivity contribution is 5.33. The summed E-state index contributed by atoms with van der Waals surface area (Å²) in [5, 5.41) is 9.03. The van der Waals surface area contributed by atoms with Gasteiger partial charge in [-0.3, -0.25) is 0 Å². The van der Waals surface area contributed by atoms with E-state index < -0.39 is 12.1 Å². The summed E-state index contributed by atoms with van der Waals surface area (Å²) in [4.78, 5) is 10.1. The van der Waals surface area contributed by atoms with Crippen LogP contribution in [-0.4, -0.2) is 34.3 Å². The summed E-state index contributed by atoms with van der Waals surface area (Å²) in [6, 6.07) is 0. The van der Waals surface area contributed by atoms with Crippen molar-refractivity contribution in [1.82, 2.24) is 9.97 Å². The number of aromatic nitrogens is 2. The fourth-order valence-corrected chi connectivity index (χ4v) is 2.19. The summed E-state index contributed by atoms with van der Waals surface area (Å²) in [5.41, 5.74) is 1.29. The van der Waals surface area contributed by atoms with E-state index in [4.69, 9.17) is 5.11 Å². The molecule has 0 amide bonds. The first-order chi connectivity index (χ1) is 8.91. The molecule has 0 aromatic carbocycles. The standard InChI is InChI=1S/C12H16F3N3O/c1-8-9(7-19)6-16-11(17-8)18-4-2-10(3-5-18)12(13,14)15/h6,10,19H,2-5,7H2,1H3. The Kier molecular flexibility index (Phi) is 3.93. The van der Waals surface area contributed by atoms with E-state index in [-0.39, 0.29) is 19.4 Å². The number of aryl methyl sites for hydroxylation is 1. The van der Waals surface area contributed by atoms with Crippen molar-refractivity contribution in [2.24, 2.45) is 5.92 Å². The van der Waals surface area contributed by atoms with Gasteiger partial charge in [-0.15, -0.1) is 0 Å². The SMILES string of the molecule is Cc1nc(N2CCC(C(F)(F)F)CC2)ncc1CO. The van der Waals surface area contributed by atoms with E-state index >= 15 is 0 Å². The van der Waals surface area contributed by atoms with Gasteiger partial charge in [0.15, 0.2) is 0 Å². The van der Waals surface area contributed by atoms with Crippen LogP contribution in [-0.2, 0) is 6.61 Å². The van der Waals surface area contributed by atoms with Crippen LogP contribution < -0.4 is 4.90 Å². The largest absolute Gasteiger partial charge is 0.392 e. The lowest BCUT2D eigenvalue weighted by Gasteiger charge is -2.33. The molecule has 1 fully saturated rings. The minimum atomic E-state index is -4.11. The minimum absolute atomic E-state index is 0.0770. The fraction of sp³-hybridized carbons (Fsp3) is 0.667. The van der Waals surface area contributed by atoms with E-state index in [1.807, 2.05) is 0 Å². The van der Waals surface area contributed by atoms with E-state index in [0.29, 0.717) is 30.3 Å². The molecule has 0 saturated carbocycles. The summed E-state index contributed by atoms with van der Waals surface area (Å²) >= 11 is 0. The van der Waals surface area contributed by atoms with Gasteiger partial charge in [0, 0.05) is 30.5 Å². The van der Waals surface area contributed by atoms with Crippen molar-refractivity contribution < 1.29 is 18.3 Å². The van der Waals surface area contributed by atoms with Gasteiger partial charge in [0.2, 0.25) is 5.95 Å². The predicted octanol–water partition coefficient (Wildman–Crippen LogP) is 2.06. The van der Waals surface area contributed by atoms with Gasteiger partial charge >= 0.3 is 6.18 Å². The quantitative estimate of drug-likeness (QED) is 0.897. The molecule has 1 aromatic heterocycles. The molecule has 4 nitrogen and oxygen atoms in total. The first kappa shape index (κ1) is 14.0. The van der Waals surface area contributed by atoms with E-state index in [1.54, 1.807) is 11.8 Å². The third kappa shape index (κ3) is 3.15. The summed E-state index contributed by atoms with van der Waals surface area (Å²) in [6.45, 7) is 2.23. The lowest BCUT2D eigenvalue weighted by atomic mass is 9.96. The monoisotopic (exact) mass is 275 g/mol. The molecule has 0 bridgehead atoms. The smallest absolute Gasteiger partial charge is 0.391 e. The number of halogens is 3. The van der Waals surface area contributed by atoms with Gasteiger partial charge in [0.25, 0.3) is 0 Å². The Balaban J connectivity index is 2.04. The number of anilines is 1. The number of hydrogen-bond acceptors (Lipinski definition) is 4. The van der Waals surface area contributed by atoms with Gasteiger partial charge in [0.1, 0.15) is 0 Å². The first-order valence-corrected chi connectivity index (χ1v) is 6.17. The van der Waals surface area contributed by atoms with Crippen LogP contribution in [0.1, 0.15) is 24.1 Å². The lowest BCUT2D eigenvalue weighted by molar-refractivity contribution is -0.179. The molecule has 1 N–H and O–H groups in total. The first-order valence-electron chi connectivity index (χ1n) is 6.17. The average molecular weight is 275 g/mol. The van der Waals surface area contributed by atoms with E-state index in [2.05, 4.69) is 9.97 Å². The van der Waals surface area contributed by atoms with Crippen molar-refractivity contribution in [2.45, 2.75) is 32.5 Å².